The molecule has 1 N–H and O–H groups in total. The first-order valence-electron chi connectivity index (χ1n) is 11.9. The van der Waals surface area contributed by atoms with E-state index in [0.717, 1.165) is 34.5 Å². The van der Waals surface area contributed by atoms with Gasteiger partial charge < -0.3 is 10.2 Å². The van der Waals surface area contributed by atoms with Crippen molar-refractivity contribution in [2.45, 2.75) is 59.5 Å². The van der Waals surface area contributed by atoms with Crippen molar-refractivity contribution in [3.63, 3.8) is 0 Å². The number of carbonyl (C=O) groups excluding carboxylic acids is 2. The SMILES string of the molecule is CCCCNC(=O)[C@@H](CC)N(Cc1ccccc1Cl)C(=O)CN(c1c(C)cccc1C)S(C)(=O)=O. The van der Waals surface area contributed by atoms with Crippen molar-refractivity contribution in [3.05, 3.63) is 64.2 Å². The Balaban J connectivity index is 2.47. The number of nitrogens with one attached hydrogen (secondary N) is 1. The molecule has 0 radical (unpaired) electrons. The maximum Gasteiger partial charge on any atom is 0.244 e. The van der Waals surface area contributed by atoms with E-state index in [9.17, 15) is 18.0 Å². The Kier molecular flexibility index (Phi) is 10.6. The predicted molar refractivity (Wildman–Crippen MR) is 142 cm³/mol. The molecule has 35 heavy (non-hydrogen) atoms. The van der Waals surface area contributed by atoms with E-state index in [1.54, 1.807) is 18.2 Å². The fraction of sp³-hybridized carbons (Fsp3) is 0.462. The predicted octanol–water partition coefficient (Wildman–Crippen LogP) is 4.45. The van der Waals surface area contributed by atoms with Gasteiger partial charge in [-0.05, 0) is 49.4 Å². The van der Waals surface area contributed by atoms with Gasteiger partial charge in [0.25, 0.3) is 0 Å². The van der Waals surface area contributed by atoms with Crippen LogP contribution in [0.1, 0.15) is 49.8 Å². The summed E-state index contributed by atoms with van der Waals surface area (Å²) in [5, 5.41) is 3.38. The van der Waals surface area contributed by atoms with Crippen LogP contribution in [0.5, 0.6) is 0 Å². The van der Waals surface area contributed by atoms with Gasteiger partial charge in [-0.15, -0.1) is 0 Å². The minimum absolute atomic E-state index is 0.0859. The van der Waals surface area contributed by atoms with Gasteiger partial charge in [0.2, 0.25) is 21.8 Å². The molecule has 2 aromatic carbocycles. The highest BCUT2D eigenvalue weighted by Gasteiger charge is 2.32. The van der Waals surface area contributed by atoms with Crippen LogP contribution in [0.4, 0.5) is 5.69 Å². The monoisotopic (exact) mass is 521 g/mol. The van der Waals surface area contributed by atoms with Crippen LogP contribution in [0.3, 0.4) is 0 Å². The van der Waals surface area contributed by atoms with Crippen LogP contribution >= 0.6 is 11.6 Å². The first-order chi connectivity index (χ1) is 16.5. The summed E-state index contributed by atoms with van der Waals surface area (Å²) in [6.45, 7) is 7.65. The highest BCUT2D eigenvalue weighted by atomic mass is 35.5. The second-order valence-corrected chi connectivity index (χ2v) is 11.0. The number of unbranched alkanes of at least 4 members (excludes halogenated alkanes) is 1. The van der Waals surface area contributed by atoms with Gasteiger partial charge in [-0.1, -0.05) is 68.3 Å². The van der Waals surface area contributed by atoms with E-state index in [-0.39, 0.29) is 12.5 Å². The molecule has 0 unspecified atom stereocenters. The van der Waals surface area contributed by atoms with Crippen molar-refractivity contribution in [2.75, 3.05) is 23.7 Å². The molecular weight excluding hydrogens is 486 g/mol. The maximum atomic E-state index is 13.7. The van der Waals surface area contributed by atoms with E-state index in [0.29, 0.717) is 29.2 Å². The number of rotatable bonds is 12. The van der Waals surface area contributed by atoms with Crippen LogP contribution < -0.4 is 9.62 Å². The molecule has 0 saturated heterocycles. The summed E-state index contributed by atoms with van der Waals surface area (Å²) >= 11 is 6.37. The Labute approximate surface area is 214 Å². The Morgan fingerprint density at radius 1 is 1.03 bits per heavy atom. The molecule has 2 aromatic rings. The van der Waals surface area contributed by atoms with Crippen LogP contribution in [0.25, 0.3) is 0 Å². The molecule has 7 nitrogen and oxygen atoms in total. The third-order valence-electron chi connectivity index (χ3n) is 5.88. The van der Waals surface area contributed by atoms with Gasteiger partial charge in [0.05, 0.1) is 11.9 Å². The molecule has 2 rings (SSSR count). The third-order valence-corrected chi connectivity index (χ3v) is 7.36. The normalized spacial score (nSPS) is 12.2. The number of aryl methyl sites for hydroxylation is 2. The second-order valence-electron chi connectivity index (χ2n) is 8.69. The molecule has 0 spiro atoms. The molecule has 1 atom stereocenters. The van der Waals surface area contributed by atoms with Crippen LogP contribution in [0, 0.1) is 13.8 Å². The van der Waals surface area contributed by atoms with E-state index >= 15 is 0 Å². The molecule has 0 aliphatic rings. The molecular formula is C26H36ClN3O4S. The van der Waals surface area contributed by atoms with Gasteiger partial charge in [0.1, 0.15) is 12.6 Å². The molecule has 192 valence electrons. The van der Waals surface area contributed by atoms with Crippen molar-refractivity contribution in [1.29, 1.82) is 0 Å². The van der Waals surface area contributed by atoms with Crippen molar-refractivity contribution >= 4 is 39.1 Å². The lowest BCUT2D eigenvalue weighted by Crippen LogP contribution is -2.52. The topological polar surface area (TPSA) is 86.8 Å². The molecule has 0 aliphatic carbocycles. The number of nitrogens with zero attached hydrogens (tertiary/aromatic N) is 2. The molecule has 2 amide bonds. The number of carbonyl (C=O) groups is 2. The first kappa shape index (κ1) is 28.7. The Bertz CT molecular complexity index is 1120. The molecule has 0 saturated carbocycles. The summed E-state index contributed by atoms with van der Waals surface area (Å²) in [7, 11) is -3.78. The van der Waals surface area contributed by atoms with Crippen LogP contribution in [-0.2, 0) is 26.2 Å². The van der Waals surface area contributed by atoms with Crippen LogP contribution in [0.15, 0.2) is 42.5 Å². The minimum Gasteiger partial charge on any atom is -0.354 e. The Morgan fingerprint density at radius 2 is 1.66 bits per heavy atom. The van der Waals surface area contributed by atoms with Crippen molar-refractivity contribution in [3.8, 4) is 0 Å². The van der Waals surface area contributed by atoms with Crippen molar-refractivity contribution in [1.82, 2.24) is 10.2 Å². The fourth-order valence-electron chi connectivity index (χ4n) is 4.01. The molecule has 0 fully saturated rings. The van der Waals surface area contributed by atoms with Crippen molar-refractivity contribution in [2.24, 2.45) is 0 Å². The molecule has 0 heterocycles. The number of sulfonamides is 1. The first-order valence-corrected chi connectivity index (χ1v) is 14.1. The number of benzene rings is 2. The summed E-state index contributed by atoms with van der Waals surface area (Å²) < 4.78 is 26.7. The Morgan fingerprint density at radius 3 is 2.20 bits per heavy atom. The zero-order valence-electron chi connectivity index (χ0n) is 21.2. The second kappa shape index (κ2) is 12.9. The number of hydrogen-bond acceptors (Lipinski definition) is 4. The molecule has 0 bridgehead atoms. The van der Waals surface area contributed by atoms with Gasteiger partial charge >= 0.3 is 0 Å². The molecule has 0 aliphatic heterocycles. The van der Waals surface area contributed by atoms with E-state index < -0.39 is 28.5 Å². The van der Waals surface area contributed by atoms with Gasteiger partial charge in [-0.2, -0.15) is 0 Å². The number of halogens is 1. The number of amides is 2. The standard InChI is InChI=1S/C26H36ClN3O4S/c1-6-8-16-28-26(32)23(7-2)29(17-21-14-9-10-15-22(21)27)24(31)18-30(35(5,33)34)25-19(3)12-11-13-20(25)4/h9-15,23H,6-8,16-18H2,1-5H3,(H,28,32)/t23-/m1/s1. The minimum atomic E-state index is -3.78. The average Bonchev–Trinajstić information content (AvgIpc) is 2.78. The lowest BCUT2D eigenvalue weighted by Gasteiger charge is -2.33. The average molecular weight is 522 g/mol. The van der Waals surface area contributed by atoms with Crippen molar-refractivity contribution < 1.29 is 18.0 Å². The lowest BCUT2D eigenvalue weighted by atomic mass is 10.1. The van der Waals surface area contributed by atoms with E-state index in [1.807, 2.05) is 52.0 Å². The third kappa shape index (κ3) is 7.70. The quantitative estimate of drug-likeness (QED) is 0.418. The van der Waals surface area contributed by atoms with E-state index in [1.165, 1.54) is 4.90 Å². The zero-order valence-corrected chi connectivity index (χ0v) is 22.7. The highest BCUT2D eigenvalue weighted by molar-refractivity contribution is 7.92. The number of anilines is 1. The Hall–Kier alpha value is -2.58. The van der Waals surface area contributed by atoms with Crippen LogP contribution in [-0.4, -0.2) is 50.5 Å². The maximum absolute atomic E-state index is 13.7. The van der Waals surface area contributed by atoms with Gasteiger partial charge in [0.15, 0.2) is 0 Å². The lowest BCUT2D eigenvalue weighted by molar-refractivity contribution is -0.140. The zero-order chi connectivity index (χ0) is 26.2. The van der Waals surface area contributed by atoms with Gasteiger partial charge in [0, 0.05) is 18.1 Å². The van der Waals surface area contributed by atoms with E-state index in [4.69, 9.17) is 11.6 Å². The largest absolute Gasteiger partial charge is 0.354 e. The van der Waals surface area contributed by atoms with E-state index in [2.05, 4.69) is 5.32 Å². The molecule has 9 heteroatoms. The highest BCUT2D eigenvalue weighted by Crippen LogP contribution is 2.27. The number of para-hydroxylation sites is 1. The van der Waals surface area contributed by atoms with Gasteiger partial charge in [-0.25, -0.2) is 8.42 Å². The van der Waals surface area contributed by atoms with Crippen LogP contribution in [0.2, 0.25) is 5.02 Å². The smallest absolute Gasteiger partial charge is 0.244 e. The van der Waals surface area contributed by atoms with Gasteiger partial charge in [-0.3, -0.25) is 13.9 Å². The molecule has 0 aromatic heterocycles. The number of hydrogen-bond donors (Lipinski definition) is 1. The summed E-state index contributed by atoms with van der Waals surface area (Å²) in [5.41, 5.74) is 2.64. The summed E-state index contributed by atoms with van der Waals surface area (Å²) in [5.74, 6) is -0.741. The fourth-order valence-corrected chi connectivity index (χ4v) is 5.17. The summed E-state index contributed by atoms with van der Waals surface area (Å²) in [6, 6.07) is 11.8. The summed E-state index contributed by atoms with van der Waals surface area (Å²) in [6.07, 6.45) is 3.21. The summed E-state index contributed by atoms with van der Waals surface area (Å²) in [4.78, 5) is 28.2.